The Balaban J connectivity index is 2.26. The predicted molar refractivity (Wildman–Crippen MR) is 114 cm³/mol. The second-order valence-corrected chi connectivity index (χ2v) is 8.23. The quantitative estimate of drug-likeness (QED) is 0.431. The minimum Gasteiger partial charge on any atom is -0.469 e. The first kappa shape index (κ1) is 20.9. The number of rotatable bonds is 7. The first-order valence-electron chi connectivity index (χ1n) is 9.58. The molecule has 0 amide bonds. The van der Waals surface area contributed by atoms with Crippen LogP contribution < -0.4 is 5.56 Å². The average Bonchev–Trinajstić information content (AvgIpc) is 3.16. The standard InChI is InChI=1S/C22H24N2O4S/c1-5-15-11-16-21(29-15)23-20(13(2)3)24(22(16)27)17(12-18(25)28-4)19(26)14-9-7-6-8-10-14/h6-11,13,17H,5,12H2,1-4H3. The number of benzene rings is 1. The molecule has 0 aliphatic carbocycles. The van der Waals surface area contributed by atoms with Crippen molar-refractivity contribution in [1.29, 1.82) is 0 Å². The summed E-state index contributed by atoms with van der Waals surface area (Å²) in [5, 5.41) is 0.479. The molecule has 6 nitrogen and oxygen atoms in total. The number of ether oxygens (including phenoxy) is 1. The largest absolute Gasteiger partial charge is 0.469 e. The van der Waals surface area contributed by atoms with Crippen molar-refractivity contribution in [2.24, 2.45) is 0 Å². The van der Waals surface area contributed by atoms with Gasteiger partial charge in [-0.3, -0.25) is 19.0 Å². The summed E-state index contributed by atoms with van der Waals surface area (Å²) in [6.07, 6.45) is 0.563. The van der Waals surface area contributed by atoms with Gasteiger partial charge in [-0.1, -0.05) is 51.1 Å². The van der Waals surface area contributed by atoms with Crippen LogP contribution in [0.2, 0.25) is 0 Å². The van der Waals surface area contributed by atoms with Gasteiger partial charge in [0.1, 0.15) is 16.7 Å². The first-order valence-corrected chi connectivity index (χ1v) is 10.4. The van der Waals surface area contributed by atoms with Crippen molar-refractivity contribution in [1.82, 2.24) is 9.55 Å². The Bertz CT molecular complexity index is 1100. The van der Waals surface area contributed by atoms with Crippen LogP contribution in [0, 0.1) is 0 Å². The molecular formula is C22H24N2O4S. The molecule has 7 heteroatoms. The van der Waals surface area contributed by atoms with Crippen LogP contribution in [0.5, 0.6) is 0 Å². The summed E-state index contributed by atoms with van der Waals surface area (Å²) in [6, 6.07) is 9.49. The van der Waals surface area contributed by atoms with E-state index in [0.717, 1.165) is 11.3 Å². The minimum atomic E-state index is -1.02. The highest BCUT2D eigenvalue weighted by Crippen LogP contribution is 2.28. The lowest BCUT2D eigenvalue weighted by Crippen LogP contribution is -2.35. The first-order chi connectivity index (χ1) is 13.9. The van der Waals surface area contributed by atoms with Crippen LogP contribution in [0.15, 0.2) is 41.2 Å². The zero-order valence-corrected chi connectivity index (χ0v) is 17.8. The number of ketones is 1. The number of Topliss-reactive ketones (excluding diaryl/α,β-unsaturated/α-hetero) is 1. The highest BCUT2D eigenvalue weighted by molar-refractivity contribution is 7.18. The van der Waals surface area contributed by atoms with Crippen molar-refractivity contribution < 1.29 is 14.3 Å². The lowest BCUT2D eigenvalue weighted by molar-refractivity contribution is -0.141. The number of aromatic nitrogens is 2. The van der Waals surface area contributed by atoms with E-state index in [2.05, 4.69) is 0 Å². The van der Waals surface area contributed by atoms with Crippen LogP contribution in [0.3, 0.4) is 0 Å². The van der Waals surface area contributed by atoms with E-state index >= 15 is 0 Å². The maximum atomic E-state index is 13.5. The van der Waals surface area contributed by atoms with Crippen molar-refractivity contribution >= 4 is 33.3 Å². The number of aryl methyl sites for hydroxylation is 1. The van der Waals surface area contributed by atoms with E-state index in [1.54, 1.807) is 24.3 Å². The van der Waals surface area contributed by atoms with Crippen LogP contribution >= 0.6 is 11.3 Å². The van der Waals surface area contributed by atoms with Crippen molar-refractivity contribution in [2.45, 2.75) is 45.6 Å². The van der Waals surface area contributed by atoms with Crippen molar-refractivity contribution in [2.75, 3.05) is 7.11 Å². The number of hydrogen-bond acceptors (Lipinski definition) is 6. The molecule has 29 heavy (non-hydrogen) atoms. The molecule has 0 saturated heterocycles. The highest BCUT2D eigenvalue weighted by Gasteiger charge is 2.30. The molecule has 0 aliphatic rings. The van der Waals surface area contributed by atoms with Crippen molar-refractivity contribution in [3.63, 3.8) is 0 Å². The molecule has 152 valence electrons. The number of carbonyl (C=O) groups is 2. The van der Waals surface area contributed by atoms with Gasteiger partial charge in [-0.25, -0.2) is 4.98 Å². The van der Waals surface area contributed by atoms with E-state index in [9.17, 15) is 14.4 Å². The molecule has 0 spiro atoms. The fraction of sp³-hybridized carbons (Fsp3) is 0.364. The Morgan fingerprint density at radius 1 is 1.21 bits per heavy atom. The van der Waals surface area contributed by atoms with Gasteiger partial charge >= 0.3 is 5.97 Å². The van der Waals surface area contributed by atoms with Gasteiger partial charge in [0.2, 0.25) is 0 Å². The van der Waals surface area contributed by atoms with Crippen LogP contribution in [-0.2, 0) is 16.0 Å². The third-order valence-corrected chi connectivity index (χ3v) is 5.97. The molecule has 0 bridgehead atoms. The topological polar surface area (TPSA) is 78.3 Å². The maximum Gasteiger partial charge on any atom is 0.308 e. The molecular weight excluding hydrogens is 388 g/mol. The van der Waals surface area contributed by atoms with Gasteiger partial charge in [-0.2, -0.15) is 0 Å². The fourth-order valence-electron chi connectivity index (χ4n) is 3.28. The molecule has 3 aromatic rings. The monoisotopic (exact) mass is 412 g/mol. The smallest absolute Gasteiger partial charge is 0.308 e. The summed E-state index contributed by atoms with van der Waals surface area (Å²) >= 11 is 1.49. The Hall–Kier alpha value is -2.80. The molecule has 1 atom stereocenters. The molecule has 0 fully saturated rings. The summed E-state index contributed by atoms with van der Waals surface area (Å²) in [4.78, 5) is 45.3. The number of hydrogen-bond donors (Lipinski definition) is 0. The van der Waals surface area contributed by atoms with Gasteiger partial charge in [-0.05, 0) is 12.5 Å². The van der Waals surface area contributed by atoms with Crippen LogP contribution in [-0.4, -0.2) is 28.4 Å². The summed E-state index contributed by atoms with van der Waals surface area (Å²) in [7, 11) is 1.27. The third-order valence-electron chi connectivity index (χ3n) is 4.80. The van der Waals surface area contributed by atoms with Gasteiger partial charge in [-0.15, -0.1) is 11.3 Å². The Kier molecular flexibility index (Phi) is 6.27. The van der Waals surface area contributed by atoms with Crippen LogP contribution in [0.1, 0.15) is 60.2 Å². The summed E-state index contributed by atoms with van der Waals surface area (Å²) in [5.74, 6) is -0.485. The Morgan fingerprint density at radius 2 is 1.90 bits per heavy atom. The van der Waals surface area contributed by atoms with Gasteiger partial charge in [0.25, 0.3) is 5.56 Å². The number of nitrogens with zero attached hydrogens (tertiary/aromatic N) is 2. The molecule has 2 aromatic heterocycles. The van der Waals surface area contributed by atoms with Gasteiger partial charge < -0.3 is 4.74 Å². The molecule has 0 radical (unpaired) electrons. The maximum absolute atomic E-state index is 13.5. The summed E-state index contributed by atoms with van der Waals surface area (Å²) in [6.45, 7) is 5.85. The lowest BCUT2D eigenvalue weighted by atomic mass is 10.00. The average molecular weight is 413 g/mol. The van der Waals surface area contributed by atoms with E-state index < -0.39 is 12.0 Å². The summed E-state index contributed by atoms with van der Waals surface area (Å²) < 4.78 is 6.21. The third kappa shape index (κ3) is 4.15. The zero-order valence-electron chi connectivity index (χ0n) is 17.0. The minimum absolute atomic E-state index is 0.108. The number of fused-ring (bicyclic) bond motifs is 1. The lowest BCUT2D eigenvalue weighted by Gasteiger charge is -2.22. The van der Waals surface area contributed by atoms with Crippen molar-refractivity contribution in [3.05, 3.63) is 63.0 Å². The van der Waals surface area contributed by atoms with E-state index in [4.69, 9.17) is 9.72 Å². The van der Waals surface area contributed by atoms with E-state index in [0.29, 0.717) is 21.6 Å². The van der Waals surface area contributed by atoms with Crippen LogP contribution in [0.4, 0.5) is 0 Å². The fourth-order valence-corrected chi connectivity index (χ4v) is 4.24. The van der Waals surface area contributed by atoms with E-state index in [1.165, 1.54) is 23.0 Å². The number of carbonyl (C=O) groups excluding carboxylic acids is 2. The number of methoxy groups -OCH3 is 1. The van der Waals surface area contributed by atoms with E-state index in [-0.39, 0.29) is 23.7 Å². The molecule has 0 aliphatic heterocycles. The molecule has 1 unspecified atom stereocenters. The molecule has 3 rings (SSSR count). The number of esters is 1. The zero-order chi connectivity index (χ0) is 21.1. The van der Waals surface area contributed by atoms with Crippen molar-refractivity contribution in [3.8, 4) is 0 Å². The Labute approximate surface area is 173 Å². The predicted octanol–water partition coefficient (Wildman–Crippen LogP) is 4.13. The molecule has 0 saturated carbocycles. The van der Waals surface area contributed by atoms with Gasteiger partial charge in [0.15, 0.2) is 5.78 Å². The molecule has 2 heterocycles. The van der Waals surface area contributed by atoms with E-state index in [1.807, 2.05) is 32.9 Å². The molecule has 0 N–H and O–H groups in total. The van der Waals surface area contributed by atoms with Crippen LogP contribution in [0.25, 0.3) is 10.2 Å². The second-order valence-electron chi connectivity index (χ2n) is 7.11. The highest BCUT2D eigenvalue weighted by atomic mass is 32.1. The Morgan fingerprint density at radius 3 is 2.48 bits per heavy atom. The summed E-state index contributed by atoms with van der Waals surface area (Å²) in [5.41, 5.74) is 0.135. The second kappa shape index (κ2) is 8.69. The van der Waals surface area contributed by atoms with Gasteiger partial charge in [0.05, 0.1) is 18.9 Å². The van der Waals surface area contributed by atoms with Gasteiger partial charge in [0, 0.05) is 16.4 Å². The normalized spacial score (nSPS) is 12.3. The molecule has 1 aromatic carbocycles. The SMILES string of the molecule is CCc1cc2c(=O)n(C(CC(=O)OC)C(=O)c3ccccc3)c(C(C)C)nc2s1. The number of thiophene rings is 1.